The predicted molar refractivity (Wildman–Crippen MR) is 77.7 cm³/mol. The summed E-state index contributed by atoms with van der Waals surface area (Å²) in [6.07, 6.45) is 0.265. The van der Waals surface area contributed by atoms with Crippen molar-refractivity contribution in [2.75, 3.05) is 26.4 Å². The van der Waals surface area contributed by atoms with Crippen LogP contribution in [-0.4, -0.2) is 38.6 Å². The van der Waals surface area contributed by atoms with Gasteiger partial charge >= 0.3 is 0 Å². The Bertz CT molecular complexity index is 757. The third-order valence-corrected chi connectivity index (χ3v) is 3.56. The molecule has 4 rings (SSSR count). The predicted octanol–water partition coefficient (Wildman–Crippen LogP) is 1.66. The minimum absolute atomic E-state index is 0.108. The summed E-state index contributed by atoms with van der Waals surface area (Å²) >= 11 is 0. The van der Waals surface area contributed by atoms with Crippen molar-refractivity contribution in [3.8, 4) is 11.5 Å². The molecule has 1 aromatic heterocycles. The van der Waals surface area contributed by atoms with Gasteiger partial charge in [0.2, 0.25) is 0 Å². The number of epoxide rings is 2. The van der Waals surface area contributed by atoms with Gasteiger partial charge in [0.05, 0.1) is 13.2 Å². The zero-order valence-corrected chi connectivity index (χ0v) is 12.2. The van der Waals surface area contributed by atoms with Gasteiger partial charge in [-0.25, -0.2) is 0 Å². The Kier molecular flexibility index (Phi) is 3.28. The van der Waals surface area contributed by atoms with Crippen LogP contribution in [0.5, 0.6) is 11.5 Å². The quantitative estimate of drug-likeness (QED) is 0.756. The molecule has 116 valence electrons. The van der Waals surface area contributed by atoms with E-state index in [0.717, 1.165) is 6.61 Å². The van der Waals surface area contributed by atoms with E-state index in [2.05, 4.69) is 0 Å². The minimum Gasteiger partial charge on any atom is -0.491 e. The molecule has 2 fully saturated rings. The lowest BCUT2D eigenvalue weighted by Crippen LogP contribution is -2.10. The van der Waals surface area contributed by atoms with E-state index in [9.17, 15) is 4.79 Å². The summed E-state index contributed by atoms with van der Waals surface area (Å²) in [4.78, 5) is 12.2. The molecular formula is C16H16O6. The molecule has 2 atom stereocenters. The highest BCUT2D eigenvalue weighted by Crippen LogP contribution is 2.31. The molecule has 0 N–H and O–H groups in total. The van der Waals surface area contributed by atoms with E-state index in [4.69, 9.17) is 23.4 Å². The van der Waals surface area contributed by atoms with Crippen LogP contribution in [0.15, 0.2) is 27.4 Å². The summed E-state index contributed by atoms with van der Waals surface area (Å²) in [7, 11) is 0. The van der Waals surface area contributed by atoms with Crippen LogP contribution in [0.1, 0.15) is 5.76 Å². The Morgan fingerprint density at radius 1 is 1.09 bits per heavy atom. The fourth-order valence-corrected chi connectivity index (χ4v) is 2.25. The smallest absolute Gasteiger partial charge is 0.196 e. The summed E-state index contributed by atoms with van der Waals surface area (Å²) in [5, 5.41) is 0.432. The lowest BCUT2D eigenvalue weighted by atomic mass is 10.2. The summed E-state index contributed by atoms with van der Waals surface area (Å²) in [6.45, 7) is 4.06. The Morgan fingerprint density at radius 3 is 2.45 bits per heavy atom. The summed E-state index contributed by atoms with van der Waals surface area (Å²) < 4.78 is 27.3. The summed E-state index contributed by atoms with van der Waals surface area (Å²) in [5.41, 5.74) is 0.341. The first-order valence-corrected chi connectivity index (χ1v) is 7.26. The van der Waals surface area contributed by atoms with Gasteiger partial charge in [-0.05, 0) is 6.92 Å². The van der Waals surface area contributed by atoms with Crippen LogP contribution in [0, 0.1) is 6.92 Å². The summed E-state index contributed by atoms with van der Waals surface area (Å²) in [5.74, 6) is 1.62. The molecule has 2 saturated heterocycles. The number of hydrogen-bond acceptors (Lipinski definition) is 6. The maximum atomic E-state index is 12.2. The van der Waals surface area contributed by atoms with Crippen LogP contribution in [0.25, 0.3) is 11.0 Å². The molecule has 2 aromatic rings. The number of aryl methyl sites for hydroxylation is 1. The molecule has 1 aromatic carbocycles. The topological polar surface area (TPSA) is 73.7 Å². The van der Waals surface area contributed by atoms with Gasteiger partial charge in [0, 0.05) is 18.2 Å². The molecule has 2 aliphatic rings. The molecule has 2 aliphatic heterocycles. The average molecular weight is 304 g/mol. The van der Waals surface area contributed by atoms with Crippen LogP contribution in [0.4, 0.5) is 0 Å². The lowest BCUT2D eigenvalue weighted by Gasteiger charge is -2.11. The first-order valence-electron chi connectivity index (χ1n) is 7.26. The van der Waals surface area contributed by atoms with Gasteiger partial charge in [0.1, 0.15) is 53.7 Å². The minimum atomic E-state index is -0.123. The van der Waals surface area contributed by atoms with E-state index in [1.54, 1.807) is 19.1 Å². The van der Waals surface area contributed by atoms with E-state index in [-0.39, 0.29) is 17.6 Å². The second kappa shape index (κ2) is 5.30. The first kappa shape index (κ1) is 13.6. The number of rotatable bonds is 6. The number of benzene rings is 1. The van der Waals surface area contributed by atoms with Crippen molar-refractivity contribution in [3.63, 3.8) is 0 Å². The fourth-order valence-electron chi connectivity index (χ4n) is 2.25. The molecule has 0 spiro atoms. The molecule has 6 nitrogen and oxygen atoms in total. The molecular weight excluding hydrogens is 288 g/mol. The monoisotopic (exact) mass is 304 g/mol. The zero-order chi connectivity index (χ0) is 15.1. The standard InChI is InChI=1S/C16H16O6/c1-9-2-13(17)16-14(21-8-12-7-20-12)3-10(4-15(16)22-9)18-5-11-6-19-11/h2-4,11-12H,5-8H2,1H3. The van der Waals surface area contributed by atoms with Crippen molar-refractivity contribution < 1.29 is 23.4 Å². The van der Waals surface area contributed by atoms with Crippen LogP contribution < -0.4 is 14.9 Å². The second-order valence-electron chi connectivity index (χ2n) is 5.55. The van der Waals surface area contributed by atoms with Crippen LogP contribution in [0.2, 0.25) is 0 Å². The van der Waals surface area contributed by atoms with Crippen molar-refractivity contribution >= 4 is 11.0 Å². The van der Waals surface area contributed by atoms with Gasteiger partial charge < -0.3 is 23.4 Å². The maximum absolute atomic E-state index is 12.2. The van der Waals surface area contributed by atoms with E-state index in [1.165, 1.54) is 6.07 Å². The van der Waals surface area contributed by atoms with Crippen LogP contribution in [0.3, 0.4) is 0 Å². The molecule has 6 heteroatoms. The number of ether oxygens (including phenoxy) is 4. The van der Waals surface area contributed by atoms with Gasteiger partial charge in [-0.15, -0.1) is 0 Å². The van der Waals surface area contributed by atoms with Crippen molar-refractivity contribution in [2.24, 2.45) is 0 Å². The molecule has 2 unspecified atom stereocenters. The van der Waals surface area contributed by atoms with Gasteiger partial charge in [0.15, 0.2) is 5.43 Å². The van der Waals surface area contributed by atoms with Gasteiger partial charge in [-0.1, -0.05) is 0 Å². The molecule has 3 heterocycles. The highest BCUT2D eigenvalue weighted by molar-refractivity contribution is 5.85. The Morgan fingerprint density at radius 2 is 1.77 bits per heavy atom. The Labute approximate surface area is 126 Å². The second-order valence-corrected chi connectivity index (χ2v) is 5.55. The van der Waals surface area contributed by atoms with E-state index in [1.807, 2.05) is 0 Å². The summed E-state index contributed by atoms with van der Waals surface area (Å²) in [6, 6.07) is 4.90. The highest BCUT2D eigenvalue weighted by Gasteiger charge is 2.25. The van der Waals surface area contributed by atoms with Crippen molar-refractivity contribution in [3.05, 3.63) is 34.2 Å². The van der Waals surface area contributed by atoms with E-state index < -0.39 is 0 Å². The van der Waals surface area contributed by atoms with Crippen LogP contribution >= 0.6 is 0 Å². The third-order valence-electron chi connectivity index (χ3n) is 3.56. The molecule has 0 radical (unpaired) electrons. The molecule has 0 amide bonds. The zero-order valence-electron chi connectivity index (χ0n) is 12.2. The largest absolute Gasteiger partial charge is 0.491 e. The maximum Gasteiger partial charge on any atom is 0.196 e. The SMILES string of the molecule is Cc1cc(=O)c2c(OCC3CO3)cc(OCC3CO3)cc2o1. The normalized spacial score (nSPS) is 22.6. The Balaban J connectivity index is 1.71. The lowest BCUT2D eigenvalue weighted by molar-refractivity contribution is 0.253. The first-order chi connectivity index (χ1) is 10.7. The number of fused-ring (bicyclic) bond motifs is 1. The van der Waals surface area contributed by atoms with Crippen LogP contribution in [-0.2, 0) is 9.47 Å². The molecule has 0 bridgehead atoms. The van der Waals surface area contributed by atoms with Gasteiger partial charge in [-0.3, -0.25) is 4.79 Å². The third kappa shape index (κ3) is 2.93. The van der Waals surface area contributed by atoms with Gasteiger partial charge in [0.25, 0.3) is 0 Å². The molecule has 0 aliphatic carbocycles. The Hall–Kier alpha value is -2.05. The van der Waals surface area contributed by atoms with E-state index in [0.29, 0.717) is 48.0 Å². The number of hydrogen-bond donors (Lipinski definition) is 0. The van der Waals surface area contributed by atoms with Crippen molar-refractivity contribution in [2.45, 2.75) is 19.1 Å². The molecule has 0 saturated carbocycles. The van der Waals surface area contributed by atoms with Crippen molar-refractivity contribution in [1.82, 2.24) is 0 Å². The van der Waals surface area contributed by atoms with Crippen molar-refractivity contribution in [1.29, 1.82) is 0 Å². The highest BCUT2D eigenvalue weighted by atomic mass is 16.6. The molecule has 22 heavy (non-hydrogen) atoms. The van der Waals surface area contributed by atoms with E-state index >= 15 is 0 Å². The average Bonchev–Trinajstić information content (AvgIpc) is 3.36. The fraction of sp³-hybridized carbons (Fsp3) is 0.438. The van der Waals surface area contributed by atoms with Gasteiger partial charge in [-0.2, -0.15) is 0 Å².